The molecule has 0 fully saturated rings. The second-order valence-electron chi connectivity index (χ2n) is 5.34. The Bertz CT molecular complexity index is 827. The van der Waals surface area contributed by atoms with Crippen LogP contribution in [0.25, 0.3) is 5.69 Å². The highest BCUT2D eigenvalue weighted by Gasteiger charge is 2.08. The zero-order valence-electron chi connectivity index (χ0n) is 13.3. The van der Waals surface area contributed by atoms with Crippen LogP contribution < -0.4 is 9.47 Å². The van der Waals surface area contributed by atoms with Gasteiger partial charge in [-0.25, -0.2) is 9.48 Å². The van der Waals surface area contributed by atoms with E-state index < -0.39 is 5.97 Å². The number of hydrogen-bond donors (Lipinski definition) is 0. The Hall–Kier alpha value is -3.22. The molecule has 0 saturated carbocycles. The zero-order chi connectivity index (χ0) is 16.9. The van der Waals surface area contributed by atoms with Crippen molar-refractivity contribution < 1.29 is 14.3 Å². The SMILES string of the molecule is Cc1cc(C)cc(OCC(=O)Oc2cccc(-n3cnnn3)c2)c1. The molecule has 0 spiro atoms. The lowest BCUT2D eigenvalue weighted by Gasteiger charge is -2.09. The van der Waals surface area contributed by atoms with Crippen molar-refractivity contribution >= 4 is 5.97 Å². The standard InChI is InChI=1S/C17H16N4O3/c1-12-6-13(2)8-16(7-12)23-10-17(22)24-15-5-3-4-14(9-15)21-11-18-19-20-21/h3-9,11H,10H2,1-2H3. The van der Waals surface area contributed by atoms with Crippen LogP contribution in [0, 0.1) is 13.8 Å². The minimum absolute atomic E-state index is 0.169. The third kappa shape index (κ3) is 3.95. The van der Waals surface area contributed by atoms with E-state index in [0.717, 1.165) is 11.1 Å². The summed E-state index contributed by atoms with van der Waals surface area (Å²) in [5.41, 5.74) is 2.85. The Kier molecular flexibility index (Phi) is 4.51. The molecule has 122 valence electrons. The van der Waals surface area contributed by atoms with Gasteiger partial charge < -0.3 is 9.47 Å². The van der Waals surface area contributed by atoms with Gasteiger partial charge in [-0.2, -0.15) is 0 Å². The maximum atomic E-state index is 12.0. The van der Waals surface area contributed by atoms with Gasteiger partial charge in [0.05, 0.1) is 5.69 Å². The number of carbonyl (C=O) groups excluding carboxylic acids is 1. The predicted molar refractivity (Wildman–Crippen MR) is 86.2 cm³/mol. The third-order valence-electron chi connectivity index (χ3n) is 3.21. The van der Waals surface area contributed by atoms with Crippen LogP contribution in [0.4, 0.5) is 0 Å². The van der Waals surface area contributed by atoms with Crippen LogP contribution in [0.2, 0.25) is 0 Å². The quantitative estimate of drug-likeness (QED) is 0.529. The largest absolute Gasteiger partial charge is 0.482 e. The number of carbonyl (C=O) groups is 1. The Balaban J connectivity index is 1.62. The van der Waals surface area contributed by atoms with Gasteiger partial charge in [-0.15, -0.1) is 5.10 Å². The highest BCUT2D eigenvalue weighted by molar-refractivity contribution is 5.74. The minimum atomic E-state index is -0.483. The summed E-state index contributed by atoms with van der Waals surface area (Å²) in [6.45, 7) is 3.78. The van der Waals surface area contributed by atoms with Crippen LogP contribution in [-0.2, 0) is 4.79 Å². The molecule has 3 aromatic rings. The number of rotatable bonds is 5. The first-order valence-corrected chi connectivity index (χ1v) is 7.35. The van der Waals surface area contributed by atoms with Gasteiger partial charge in [-0.1, -0.05) is 12.1 Å². The lowest BCUT2D eigenvalue weighted by Crippen LogP contribution is -2.17. The van der Waals surface area contributed by atoms with Crippen LogP contribution in [0.1, 0.15) is 11.1 Å². The highest BCUT2D eigenvalue weighted by Crippen LogP contribution is 2.18. The first-order chi connectivity index (χ1) is 11.6. The van der Waals surface area contributed by atoms with Gasteiger partial charge in [0.1, 0.15) is 17.8 Å². The number of ether oxygens (including phenoxy) is 2. The maximum Gasteiger partial charge on any atom is 0.349 e. The summed E-state index contributed by atoms with van der Waals surface area (Å²) in [7, 11) is 0. The van der Waals surface area contributed by atoms with Gasteiger partial charge >= 0.3 is 5.97 Å². The molecule has 24 heavy (non-hydrogen) atoms. The smallest absolute Gasteiger partial charge is 0.349 e. The van der Waals surface area contributed by atoms with E-state index in [0.29, 0.717) is 17.2 Å². The first-order valence-electron chi connectivity index (χ1n) is 7.35. The van der Waals surface area contributed by atoms with Crippen molar-refractivity contribution in [2.24, 2.45) is 0 Å². The van der Waals surface area contributed by atoms with E-state index in [2.05, 4.69) is 15.5 Å². The van der Waals surface area contributed by atoms with Gasteiger partial charge in [0.2, 0.25) is 0 Å². The minimum Gasteiger partial charge on any atom is -0.482 e. The molecule has 0 unspecified atom stereocenters. The fraction of sp³-hybridized carbons (Fsp3) is 0.176. The fourth-order valence-electron chi connectivity index (χ4n) is 2.29. The molecule has 0 N–H and O–H groups in total. The molecule has 0 atom stereocenters. The summed E-state index contributed by atoms with van der Waals surface area (Å²) in [4.78, 5) is 12.0. The molecule has 1 aromatic heterocycles. The summed E-state index contributed by atoms with van der Waals surface area (Å²) >= 11 is 0. The molecule has 3 rings (SSSR count). The lowest BCUT2D eigenvalue weighted by atomic mass is 10.1. The topological polar surface area (TPSA) is 79.1 Å². The fourth-order valence-corrected chi connectivity index (χ4v) is 2.29. The Morgan fingerprint density at radius 3 is 2.58 bits per heavy atom. The van der Waals surface area contributed by atoms with E-state index in [4.69, 9.17) is 9.47 Å². The van der Waals surface area contributed by atoms with Gasteiger partial charge in [0.25, 0.3) is 0 Å². The van der Waals surface area contributed by atoms with E-state index in [9.17, 15) is 4.79 Å². The lowest BCUT2D eigenvalue weighted by molar-refractivity contribution is -0.136. The van der Waals surface area contributed by atoms with Gasteiger partial charge in [-0.05, 0) is 59.7 Å². The second-order valence-corrected chi connectivity index (χ2v) is 5.34. The van der Waals surface area contributed by atoms with E-state index in [1.807, 2.05) is 32.0 Å². The van der Waals surface area contributed by atoms with Crippen LogP contribution in [0.5, 0.6) is 11.5 Å². The van der Waals surface area contributed by atoms with Crippen molar-refractivity contribution in [3.8, 4) is 17.2 Å². The van der Waals surface area contributed by atoms with E-state index in [1.165, 1.54) is 11.0 Å². The highest BCUT2D eigenvalue weighted by atomic mass is 16.6. The molecule has 0 aliphatic rings. The summed E-state index contributed by atoms with van der Waals surface area (Å²) in [6.07, 6.45) is 1.46. The molecular weight excluding hydrogens is 308 g/mol. The number of tetrazole rings is 1. The Morgan fingerprint density at radius 1 is 1.08 bits per heavy atom. The number of nitrogens with zero attached hydrogens (tertiary/aromatic N) is 4. The normalized spacial score (nSPS) is 10.4. The maximum absolute atomic E-state index is 12.0. The average Bonchev–Trinajstić information content (AvgIpc) is 3.07. The molecule has 0 aliphatic carbocycles. The molecule has 7 heteroatoms. The van der Waals surface area contributed by atoms with E-state index in [-0.39, 0.29) is 6.61 Å². The number of aromatic nitrogens is 4. The number of aryl methyl sites for hydroxylation is 2. The van der Waals surface area contributed by atoms with Gasteiger partial charge in [-0.3, -0.25) is 0 Å². The molecule has 0 bridgehead atoms. The molecule has 1 heterocycles. The molecular formula is C17H16N4O3. The molecule has 0 saturated heterocycles. The predicted octanol–water partition coefficient (Wildman–Crippen LogP) is 2.26. The molecule has 2 aromatic carbocycles. The summed E-state index contributed by atoms with van der Waals surface area (Å²) < 4.78 is 12.3. The number of benzene rings is 2. The van der Waals surface area contributed by atoms with Crippen molar-refractivity contribution in [3.05, 3.63) is 59.9 Å². The molecule has 0 aliphatic heterocycles. The average molecular weight is 324 g/mol. The van der Waals surface area contributed by atoms with Crippen LogP contribution >= 0.6 is 0 Å². The van der Waals surface area contributed by atoms with Crippen molar-refractivity contribution in [2.75, 3.05) is 6.61 Å². The van der Waals surface area contributed by atoms with Crippen LogP contribution in [0.15, 0.2) is 48.8 Å². The summed E-state index contributed by atoms with van der Waals surface area (Å²) in [5.74, 6) is 0.562. The molecule has 0 radical (unpaired) electrons. The number of hydrogen-bond acceptors (Lipinski definition) is 6. The monoisotopic (exact) mass is 324 g/mol. The van der Waals surface area contributed by atoms with Crippen LogP contribution in [0.3, 0.4) is 0 Å². The van der Waals surface area contributed by atoms with Gasteiger partial charge in [0, 0.05) is 6.07 Å². The molecule has 0 amide bonds. The summed E-state index contributed by atoms with van der Waals surface area (Å²) in [5, 5.41) is 10.9. The Labute approximate surface area is 138 Å². The number of esters is 1. The zero-order valence-corrected chi connectivity index (χ0v) is 13.3. The summed E-state index contributed by atoms with van der Waals surface area (Å²) in [6, 6.07) is 12.7. The van der Waals surface area contributed by atoms with Crippen molar-refractivity contribution in [2.45, 2.75) is 13.8 Å². The third-order valence-corrected chi connectivity index (χ3v) is 3.21. The van der Waals surface area contributed by atoms with Crippen molar-refractivity contribution in [1.29, 1.82) is 0 Å². The van der Waals surface area contributed by atoms with Crippen LogP contribution in [-0.4, -0.2) is 32.8 Å². The Morgan fingerprint density at radius 2 is 1.88 bits per heavy atom. The van der Waals surface area contributed by atoms with E-state index in [1.54, 1.807) is 24.3 Å². The van der Waals surface area contributed by atoms with E-state index >= 15 is 0 Å². The second kappa shape index (κ2) is 6.91. The van der Waals surface area contributed by atoms with Crippen molar-refractivity contribution in [1.82, 2.24) is 20.2 Å². The first kappa shape index (κ1) is 15.7. The molecule has 7 nitrogen and oxygen atoms in total. The van der Waals surface area contributed by atoms with Crippen molar-refractivity contribution in [3.63, 3.8) is 0 Å². The van der Waals surface area contributed by atoms with Gasteiger partial charge in [0.15, 0.2) is 6.61 Å².